The molecule has 3 atom stereocenters. The molecule has 7 rings (SSSR count). The number of carbonyl (C=O) groups excluding carboxylic acids is 2. The molecule has 4 aliphatic heterocycles. The molecule has 10 nitrogen and oxygen atoms in total. The van der Waals surface area contributed by atoms with Gasteiger partial charge in [-0.15, -0.1) is 0 Å². The van der Waals surface area contributed by atoms with Crippen LogP contribution in [0.15, 0.2) is 53.6 Å². The number of anilines is 1. The summed E-state index contributed by atoms with van der Waals surface area (Å²) >= 11 is 0. The molecule has 2 aromatic rings. The zero-order chi connectivity index (χ0) is 33.5. The summed E-state index contributed by atoms with van der Waals surface area (Å²) in [5.41, 5.74) is 4.82. The molecule has 2 unspecified atom stereocenters. The normalized spacial score (nSPS) is 23.2. The van der Waals surface area contributed by atoms with Gasteiger partial charge in [0.2, 0.25) is 0 Å². The van der Waals surface area contributed by atoms with Gasteiger partial charge >= 0.3 is 0 Å². The number of unbranched alkanes of at least 4 members (excludes halogenated alkanes) is 2. The summed E-state index contributed by atoms with van der Waals surface area (Å²) in [6.07, 6.45) is 8.47. The Balaban J connectivity index is 0.957. The third kappa shape index (κ3) is 6.13. The summed E-state index contributed by atoms with van der Waals surface area (Å²) in [6.45, 7) is 11.4. The van der Waals surface area contributed by atoms with Crippen molar-refractivity contribution in [3.05, 3.63) is 59.7 Å². The number of fused-ring (bicyclic) bond motifs is 4. The van der Waals surface area contributed by atoms with E-state index in [0.717, 1.165) is 55.5 Å². The van der Waals surface area contributed by atoms with Gasteiger partial charge in [-0.05, 0) is 68.9 Å². The molecular formula is C38H46N4O6. The quantitative estimate of drug-likeness (QED) is 0.215. The monoisotopic (exact) mass is 654 g/mol. The number of amides is 2. The molecule has 0 radical (unpaired) electrons. The maximum Gasteiger partial charge on any atom is 0.257 e. The summed E-state index contributed by atoms with van der Waals surface area (Å²) in [7, 11) is 5.28. The number of hydrogen-bond donors (Lipinski definition) is 0. The number of aliphatic imine (C=N–C) groups is 1. The standard InChI is InChI=1S/C38H46N4O6/c1-23-13-26-19-39-30-17-35(33(45-4)15-27(30)37(43)41(26)20-23)47-11-7-6-8-12-48-36-18-31-28(16-34(36)46-5)38(44)42-21-24(2)14-32(42)29(22-40(31)3)25-9-10-25/h15-19,25-26,29,32H,1-2,6-14,20-22H2,3-5H3/t26?,29?,32-/m0/s1. The van der Waals surface area contributed by atoms with Crippen LogP contribution in [-0.2, 0) is 0 Å². The Morgan fingerprint density at radius 3 is 2.10 bits per heavy atom. The lowest BCUT2D eigenvalue weighted by Crippen LogP contribution is -2.47. The maximum atomic E-state index is 13.9. The van der Waals surface area contributed by atoms with Gasteiger partial charge in [0.25, 0.3) is 11.8 Å². The van der Waals surface area contributed by atoms with E-state index in [1.165, 1.54) is 12.8 Å². The van der Waals surface area contributed by atoms with E-state index in [1.54, 1.807) is 26.4 Å². The molecule has 254 valence electrons. The number of benzene rings is 2. The average Bonchev–Trinajstić information content (AvgIpc) is 3.77. The number of carbonyl (C=O) groups is 2. The van der Waals surface area contributed by atoms with Crippen molar-refractivity contribution in [2.24, 2.45) is 16.8 Å². The second-order valence-corrected chi connectivity index (χ2v) is 13.9. The van der Waals surface area contributed by atoms with E-state index in [1.807, 2.05) is 28.1 Å². The minimum atomic E-state index is -0.0650. The first-order valence-electron chi connectivity index (χ1n) is 17.2. The van der Waals surface area contributed by atoms with Gasteiger partial charge in [-0.1, -0.05) is 24.3 Å². The van der Waals surface area contributed by atoms with Crippen LogP contribution < -0.4 is 23.8 Å². The van der Waals surface area contributed by atoms with Crippen molar-refractivity contribution in [1.29, 1.82) is 0 Å². The van der Waals surface area contributed by atoms with Crippen molar-refractivity contribution in [3.8, 4) is 23.0 Å². The topological polar surface area (TPSA) is 93.1 Å². The van der Waals surface area contributed by atoms with Crippen molar-refractivity contribution < 1.29 is 28.5 Å². The van der Waals surface area contributed by atoms with E-state index in [4.69, 9.17) is 18.9 Å². The smallest absolute Gasteiger partial charge is 0.257 e. The van der Waals surface area contributed by atoms with E-state index in [0.29, 0.717) is 78.0 Å². The molecule has 0 spiro atoms. The molecule has 4 heterocycles. The number of rotatable bonds is 11. The van der Waals surface area contributed by atoms with E-state index < -0.39 is 0 Å². The van der Waals surface area contributed by atoms with Gasteiger partial charge in [-0.3, -0.25) is 14.6 Å². The van der Waals surface area contributed by atoms with Gasteiger partial charge in [0.05, 0.1) is 56.0 Å². The number of methoxy groups -OCH3 is 2. The largest absolute Gasteiger partial charge is 0.493 e. The van der Waals surface area contributed by atoms with Gasteiger partial charge in [-0.2, -0.15) is 0 Å². The fourth-order valence-electron chi connectivity index (χ4n) is 7.77. The molecule has 3 fully saturated rings. The number of nitrogens with zero attached hydrogens (tertiary/aromatic N) is 4. The SMILES string of the molecule is C=C1CC2C=Nc3cc(OCCCCCOc4cc5c(cc4OC)C(=O)N4CC(=C)C[C@H]4C(C4CC4)CN5C)c(OC)cc3C(=O)N2C1. The Morgan fingerprint density at radius 1 is 0.792 bits per heavy atom. The van der Waals surface area contributed by atoms with E-state index in [2.05, 4.69) is 30.1 Å². The molecule has 1 aliphatic carbocycles. The first kappa shape index (κ1) is 32.1. The van der Waals surface area contributed by atoms with Crippen LogP contribution in [-0.4, -0.2) is 94.0 Å². The van der Waals surface area contributed by atoms with Crippen LogP contribution in [0, 0.1) is 11.8 Å². The zero-order valence-corrected chi connectivity index (χ0v) is 28.3. The predicted octanol–water partition coefficient (Wildman–Crippen LogP) is 6.07. The molecule has 48 heavy (non-hydrogen) atoms. The number of ether oxygens (including phenoxy) is 4. The molecule has 0 aromatic heterocycles. The minimum Gasteiger partial charge on any atom is -0.493 e. The lowest BCUT2D eigenvalue weighted by Gasteiger charge is -2.38. The van der Waals surface area contributed by atoms with Crippen molar-refractivity contribution in [2.75, 3.05) is 59.0 Å². The molecule has 2 saturated heterocycles. The van der Waals surface area contributed by atoms with Crippen molar-refractivity contribution in [3.63, 3.8) is 0 Å². The highest BCUT2D eigenvalue weighted by molar-refractivity contribution is 6.04. The fraction of sp³-hybridized carbons (Fsp3) is 0.500. The third-order valence-electron chi connectivity index (χ3n) is 10.4. The first-order chi connectivity index (χ1) is 23.2. The highest BCUT2D eigenvalue weighted by atomic mass is 16.5. The minimum absolute atomic E-state index is 0.0480. The molecule has 2 aromatic carbocycles. The molecule has 2 amide bonds. The maximum absolute atomic E-state index is 13.9. The Bertz CT molecular complexity index is 1660. The molecule has 0 bridgehead atoms. The lowest BCUT2D eigenvalue weighted by atomic mass is 9.89. The summed E-state index contributed by atoms with van der Waals surface area (Å²) in [6, 6.07) is 7.50. The van der Waals surface area contributed by atoms with Crippen LogP contribution in [0.5, 0.6) is 23.0 Å². The van der Waals surface area contributed by atoms with E-state index >= 15 is 0 Å². The predicted molar refractivity (Wildman–Crippen MR) is 186 cm³/mol. The Labute approximate surface area is 283 Å². The molecule has 10 heteroatoms. The molecular weight excluding hydrogens is 608 g/mol. The Kier molecular flexibility index (Phi) is 8.83. The van der Waals surface area contributed by atoms with Crippen molar-refractivity contribution in [1.82, 2.24) is 9.80 Å². The van der Waals surface area contributed by atoms with Gasteiger partial charge < -0.3 is 33.6 Å². The van der Waals surface area contributed by atoms with Crippen molar-refractivity contribution >= 4 is 29.4 Å². The molecule has 5 aliphatic rings. The molecule has 0 N–H and O–H groups in total. The fourth-order valence-corrected chi connectivity index (χ4v) is 7.77. The van der Waals surface area contributed by atoms with Crippen LogP contribution in [0.2, 0.25) is 0 Å². The second kappa shape index (κ2) is 13.2. The summed E-state index contributed by atoms with van der Waals surface area (Å²) in [4.78, 5) is 37.8. The summed E-state index contributed by atoms with van der Waals surface area (Å²) < 4.78 is 23.7. The van der Waals surface area contributed by atoms with Gasteiger partial charge in [0.1, 0.15) is 0 Å². The molecule has 1 saturated carbocycles. The third-order valence-corrected chi connectivity index (χ3v) is 10.4. The van der Waals surface area contributed by atoms with Crippen LogP contribution in [0.1, 0.15) is 65.7 Å². The van der Waals surface area contributed by atoms with Crippen LogP contribution >= 0.6 is 0 Å². The Hall–Kier alpha value is -4.47. The highest BCUT2D eigenvalue weighted by Crippen LogP contribution is 2.47. The van der Waals surface area contributed by atoms with Crippen molar-refractivity contribution in [2.45, 2.75) is 57.0 Å². The summed E-state index contributed by atoms with van der Waals surface area (Å²) in [5, 5.41) is 0. The number of hydrogen-bond acceptors (Lipinski definition) is 8. The van der Waals surface area contributed by atoms with E-state index in [-0.39, 0.29) is 23.9 Å². The van der Waals surface area contributed by atoms with Gasteiger partial charge in [0.15, 0.2) is 23.0 Å². The van der Waals surface area contributed by atoms with Gasteiger partial charge in [-0.25, -0.2) is 0 Å². The average molecular weight is 655 g/mol. The van der Waals surface area contributed by atoms with E-state index in [9.17, 15) is 9.59 Å². The first-order valence-corrected chi connectivity index (χ1v) is 17.2. The second-order valence-electron chi connectivity index (χ2n) is 13.9. The van der Waals surface area contributed by atoms with Crippen LogP contribution in [0.25, 0.3) is 0 Å². The van der Waals surface area contributed by atoms with Gasteiger partial charge in [0, 0.05) is 51.1 Å². The van der Waals surface area contributed by atoms with Crippen LogP contribution in [0.3, 0.4) is 0 Å². The zero-order valence-electron chi connectivity index (χ0n) is 28.3. The summed E-state index contributed by atoms with van der Waals surface area (Å²) in [5.74, 6) is 3.40. The highest BCUT2D eigenvalue weighted by Gasteiger charge is 2.46. The Morgan fingerprint density at radius 2 is 1.42 bits per heavy atom. The lowest BCUT2D eigenvalue weighted by molar-refractivity contribution is 0.0671. The van der Waals surface area contributed by atoms with Crippen LogP contribution in [0.4, 0.5) is 11.4 Å².